The van der Waals surface area contributed by atoms with Gasteiger partial charge in [-0.2, -0.15) is 0 Å². The van der Waals surface area contributed by atoms with Gasteiger partial charge in [0.2, 0.25) is 5.43 Å². The lowest BCUT2D eigenvalue weighted by Crippen LogP contribution is -2.41. The van der Waals surface area contributed by atoms with E-state index in [1.165, 1.54) is 22.8 Å². The average molecular weight is 563 g/mol. The Kier molecular flexibility index (Phi) is 9.10. The van der Waals surface area contributed by atoms with Crippen LogP contribution in [0, 0.1) is 17.5 Å². The molecule has 0 saturated heterocycles. The van der Waals surface area contributed by atoms with Crippen LogP contribution in [0.5, 0.6) is 5.75 Å². The Labute approximate surface area is 228 Å². The van der Waals surface area contributed by atoms with Crippen LogP contribution in [0.15, 0.2) is 53.5 Å². The van der Waals surface area contributed by atoms with Gasteiger partial charge in [0.15, 0.2) is 11.4 Å². The van der Waals surface area contributed by atoms with Gasteiger partial charge >= 0.3 is 0 Å². The van der Waals surface area contributed by atoms with E-state index in [-0.39, 0.29) is 23.9 Å². The Bertz CT molecular complexity index is 1400. The number of aliphatic hydroxyl groups excluding tert-OH is 1. The number of nitrogens with one attached hydrogen (secondary N) is 2. The second-order valence-electron chi connectivity index (χ2n) is 9.70. The highest BCUT2D eigenvalue weighted by molar-refractivity contribution is 5.95. The van der Waals surface area contributed by atoms with Gasteiger partial charge in [0.25, 0.3) is 5.91 Å². The minimum absolute atomic E-state index is 0.0961. The topological polar surface area (TPSA) is 95.8 Å². The molecule has 0 aliphatic carbocycles. The van der Waals surface area contributed by atoms with E-state index in [9.17, 15) is 32.3 Å². The normalized spacial score (nSPS) is 18.3. The van der Waals surface area contributed by atoms with Crippen molar-refractivity contribution >= 4 is 5.91 Å². The standard InChI is InChI=1S/C28H30F4N4O4/c1-16-8-9-19(12-29)35(2)28(39)24-26(40-15-17-6-4-3-5-7-17)25(37)21(14-36(24)34-16)27(38)33-13-20-22(31)10-18(30)11-23(20)32/h3-7,10-11,14,16,19,27,33-34,38H,8-9,12-13,15H2,1-2H3/t16-,19-,27?/m1/s1. The van der Waals surface area contributed by atoms with Gasteiger partial charge in [-0.25, -0.2) is 17.6 Å². The number of ether oxygens (including phenoxy) is 1. The maximum absolute atomic E-state index is 14.1. The lowest BCUT2D eigenvalue weighted by Gasteiger charge is -2.27. The highest BCUT2D eigenvalue weighted by atomic mass is 19.1. The van der Waals surface area contributed by atoms with Crippen LogP contribution >= 0.6 is 0 Å². The number of nitrogens with zero attached hydrogens (tertiary/aromatic N) is 2. The fourth-order valence-electron chi connectivity index (χ4n) is 4.47. The highest BCUT2D eigenvalue weighted by Crippen LogP contribution is 2.25. The molecular weight excluding hydrogens is 532 g/mol. The summed E-state index contributed by atoms with van der Waals surface area (Å²) in [7, 11) is 1.44. The summed E-state index contributed by atoms with van der Waals surface area (Å²) in [6.07, 6.45) is 0.277. The summed E-state index contributed by atoms with van der Waals surface area (Å²) in [4.78, 5) is 28.5. The molecular formula is C28H30F4N4O4. The Balaban J connectivity index is 1.77. The number of carbonyl (C=O) groups is 1. The fourth-order valence-corrected chi connectivity index (χ4v) is 4.47. The van der Waals surface area contributed by atoms with Gasteiger partial charge in [-0.3, -0.25) is 19.6 Å². The summed E-state index contributed by atoms with van der Waals surface area (Å²) in [6.45, 7) is 0.355. The molecule has 3 N–H and O–H groups in total. The first-order valence-corrected chi connectivity index (χ1v) is 12.7. The molecule has 40 heavy (non-hydrogen) atoms. The number of alkyl halides is 1. The quantitative estimate of drug-likeness (QED) is 0.286. The molecule has 2 aromatic carbocycles. The van der Waals surface area contributed by atoms with Crippen LogP contribution in [0.4, 0.5) is 17.6 Å². The first-order valence-electron chi connectivity index (χ1n) is 12.7. The van der Waals surface area contributed by atoms with Crippen molar-refractivity contribution in [3.63, 3.8) is 0 Å². The Morgan fingerprint density at radius 2 is 1.80 bits per heavy atom. The maximum atomic E-state index is 14.1. The first-order chi connectivity index (χ1) is 19.1. The first kappa shape index (κ1) is 29.1. The third kappa shape index (κ3) is 6.28. The minimum atomic E-state index is -1.76. The van der Waals surface area contributed by atoms with Crippen molar-refractivity contribution in [1.82, 2.24) is 14.9 Å². The van der Waals surface area contributed by atoms with Crippen molar-refractivity contribution in [3.8, 4) is 5.75 Å². The summed E-state index contributed by atoms with van der Waals surface area (Å²) in [6, 6.07) is 8.85. The van der Waals surface area contributed by atoms with E-state index >= 15 is 0 Å². The van der Waals surface area contributed by atoms with Gasteiger partial charge in [0.05, 0.1) is 11.6 Å². The third-order valence-corrected chi connectivity index (χ3v) is 6.83. The minimum Gasteiger partial charge on any atom is -0.482 e. The monoisotopic (exact) mass is 562 g/mol. The van der Waals surface area contributed by atoms with Crippen LogP contribution in [0.2, 0.25) is 0 Å². The average Bonchev–Trinajstić information content (AvgIpc) is 2.96. The number of halogens is 4. The number of fused-ring (bicyclic) bond motifs is 1. The number of aromatic nitrogens is 1. The van der Waals surface area contributed by atoms with Crippen LogP contribution < -0.4 is 20.9 Å². The second kappa shape index (κ2) is 12.5. The molecule has 3 aromatic rings. The number of benzene rings is 2. The number of aliphatic hydroxyl groups is 1. The summed E-state index contributed by atoms with van der Waals surface area (Å²) in [5, 5.41) is 13.3. The molecule has 0 bridgehead atoms. The SMILES string of the molecule is C[C@@H]1CC[C@H](CF)N(C)C(=O)c2c(OCc3ccccc3)c(=O)c(C(O)NCc3c(F)cc(F)cc3F)cn2N1. The number of hydrogen-bond donors (Lipinski definition) is 3. The van der Waals surface area contributed by atoms with Crippen LogP contribution in [-0.4, -0.2) is 46.4 Å². The molecule has 3 atom stereocenters. The number of pyridine rings is 1. The number of amides is 1. The van der Waals surface area contributed by atoms with Crippen LogP contribution in [0.25, 0.3) is 0 Å². The van der Waals surface area contributed by atoms with Gasteiger partial charge in [0, 0.05) is 43.5 Å². The zero-order valence-corrected chi connectivity index (χ0v) is 22.0. The van der Waals surface area contributed by atoms with E-state index in [0.717, 1.165) is 0 Å². The lowest BCUT2D eigenvalue weighted by molar-refractivity contribution is 0.0682. The van der Waals surface area contributed by atoms with Gasteiger partial charge in [-0.05, 0) is 25.3 Å². The molecule has 12 heteroatoms. The fraction of sp³-hybridized carbons (Fsp3) is 0.357. The molecule has 0 spiro atoms. The van der Waals surface area contributed by atoms with Crippen molar-refractivity contribution in [2.75, 3.05) is 19.1 Å². The molecule has 1 aliphatic rings. The smallest absolute Gasteiger partial charge is 0.276 e. The van der Waals surface area contributed by atoms with Crippen LogP contribution in [0.1, 0.15) is 53.2 Å². The highest BCUT2D eigenvalue weighted by Gasteiger charge is 2.32. The zero-order chi connectivity index (χ0) is 29.0. The van der Waals surface area contributed by atoms with Crippen molar-refractivity contribution in [2.24, 2.45) is 0 Å². The molecule has 1 unspecified atom stereocenters. The molecule has 1 aromatic heterocycles. The molecule has 214 valence electrons. The van der Waals surface area contributed by atoms with E-state index in [4.69, 9.17) is 4.74 Å². The Hall–Kier alpha value is -3.90. The molecule has 0 fully saturated rings. The van der Waals surface area contributed by atoms with E-state index in [0.29, 0.717) is 30.5 Å². The molecule has 0 saturated carbocycles. The van der Waals surface area contributed by atoms with E-state index in [2.05, 4.69) is 10.7 Å². The molecule has 0 radical (unpaired) electrons. The largest absolute Gasteiger partial charge is 0.482 e. The summed E-state index contributed by atoms with van der Waals surface area (Å²) in [5.41, 5.74) is 1.91. The van der Waals surface area contributed by atoms with Crippen LogP contribution in [0.3, 0.4) is 0 Å². The summed E-state index contributed by atoms with van der Waals surface area (Å²) in [5.74, 6) is -4.49. The number of carbonyl (C=O) groups excluding carboxylic acids is 1. The van der Waals surface area contributed by atoms with E-state index in [1.807, 2.05) is 6.92 Å². The lowest BCUT2D eigenvalue weighted by atomic mass is 10.1. The van der Waals surface area contributed by atoms with Crippen molar-refractivity contribution < 1.29 is 32.2 Å². The number of hydrogen-bond acceptors (Lipinski definition) is 6. The Morgan fingerprint density at radius 1 is 1.12 bits per heavy atom. The molecule has 4 rings (SSSR count). The van der Waals surface area contributed by atoms with Gasteiger partial charge < -0.3 is 20.2 Å². The Morgan fingerprint density at radius 3 is 2.45 bits per heavy atom. The summed E-state index contributed by atoms with van der Waals surface area (Å²) >= 11 is 0. The van der Waals surface area contributed by atoms with Crippen molar-refractivity contribution in [3.05, 3.63) is 98.7 Å². The van der Waals surface area contributed by atoms with Crippen molar-refractivity contribution in [1.29, 1.82) is 0 Å². The third-order valence-electron chi connectivity index (χ3n) is 6.83. The van der Waals surface area contributed by atoms with Gasteiger partial charge in [-0.1, -0.05) is 30.3 Å². The predicted molar refractivity (Wildman–Crippen MR) is 140 cm³/mol. The van der Waals surface area contributed by atoms with Crippen LogP contribution in [-0.2, 0) is 13.2 Å². The van der Waals surface area contributed by atoms with Crippen molar-refractivity contribution in [2.45, 2.75) is 51.2 Å². The van der Waals surface area contributed by atoms with Gasteiger partial charge in [-0.15, -0.1) is 0 Å². The van der Waals surface area contributed by atoms with E-state index < -0.39 is 65.6 Å². The maximum Gasteiger partial charge on any atom is 0.276 e. The molecule has 2 heterocycles. The van der Waals surface area contributed by atoms with Gasteiger partial charge in [0.1, 0.15) is 37.0 Å². The number of rotatable bonds is 8. The second-order valence-corrected chi connectivity index (χ2v) is 9.70. The summed E-state index contributed by atoms with van der Waals surface area (Å²) < 4.78 is 62.5. The zero-order valence-electron chi connectivity index (χ0n) is 22.0. The molecule has 1 aliphatic heterocycles. The molecule has 8 nitrogen and oxygen atoms in total. The molecule has 1 amide bonds. The van der Waals surface area contributed by atoms with E-state index in [1.54, 1.807) is 30.3 Å². The predicted octanol–water partition coefficient (Wildman–Crippen LogP) is 3.76.